The van der Waals surface area contributed by atoms with Crippen molar-refractivity contribution in [2.45, 2.75) is 13.5 Å². The van der Waals surface area contributed by atoms with Crippen LogP contribution in [0.3, 0.4) is 0 Å². The average Bonchev–Trinajstić information content (AvgIpc) is 3.08. The number of thioether (sulfide) groups is 1. The van der Waals surface area contributed by atoms with Gasteiger partial charge in [0.1, 0.15) is 18.9 Å². The molecule has 1 fully saturated rings. The molecule has 0 atom stereocenters. The van der Waals surface area contributed by atoms with Crippen LogP contribution < -0.4 is 10.1 Å². The Balaban J connectivity index is 1.35. The quantitative estimate of drug-likeness (QED) is 0.490. The molecular formula is C26H22N2O4S. The number of anilines is 1. The minimum absolute atomic E-state index is 0.279. The fourth-order valence-electron chi connectivity index (χ4n) is 3.17. The van der Waals surface area contributed by atoms with Gasteiger partial charge in [0.2, 0.25) is 5.91 Å². The van der Waals surface area contributed by atoms with Crippen LogP contribution in [0.4, 0.5) is 10.5 Å². The number of hydrogen-bond acceptors (Lipinski definition) is 5. The summed E-state index contributed by atoms with van der Waals surface area (Å²) >= 11 is 0.826. The van der Waals surface area contributed by atoms with Crippen LogP contribution in [0.1, 0.15) is 16.7 Å². The highest BCUT2D eigenvalue weighted by atomic mass is 32.2. The molecule has 0 radical (unpaired) electrons. The highest BCUT2D eigenvalue weighted by molar-refractivity contribution is 8.18. The van der Waals surface area contributed by atoms with E-state index in [4.69, 9.17) is 4.74 Å². The lowest BCUT2D eigenvalue weighted by Crippen LogP contribution is -2.36. The van der Waals surface area contributed by atoms with Crippen molar-refractivity contribution in [2.75, 3.05) is 11.9 Å². The summed E-state index contributed by atoms with van der Waals surface area (Å²) in [7, 11) is 0. The lowest BCUT2D eigenvalue weighted by atomic mass is 10.2. The Morgan fingerprint density at radius 3 is 2.36 bits per heavy atom. The molecule has 6 nitrogen and oxygen atoms in total. The van der Waals surface area contributed by atoms with Gasteiger partial charge in [-0.25, -0.2) is 0 Å². The van der Waals surface area contributed by atoms with Gasteiger partial charge in [0.05, 0.1) is 4.91 Å². The van der Waals surface area contributed by atoms with E-state index in [1.807, 2.05) is 73.7 Å². The Bertz CT molecular complexity index is 1190. The van der Waals surface area contributed by atoms with Gasteiger partial charge < -0.3 is 10.1 Å². The molecule has 3 aromatic carbocycles. The third-order valence-electron chi connectivity index (χ3n) is 4.94. The van der Waals surface area contributed by atoms with Gasteiger partial charge in [-0.3, -0.25) is 19.3 Å². The number of nitrogens with one attached hydrogen (secondary N) is 1. The summed E-state index contributed by atoms with van der Waals surface area (Å²) in [6.45, 7) is 2.08. The molecular weight excluding hydrogens is 436 g/mol. The van der Waals surface area contributed by atoms with Crippen LogP contribution in [0.25, 0.3) is 6.08 Å². The Hall–Kier alpha value is -3.84. The summed E-state index contributed by atoms with van der Waals surface area (Å²) in [4.78, 5) is 38.6. The number of carbonyl (C=O) groups is 3. The molecule has 0 unspecified atom stereocenters. The zero-order valence-electron chi connectivity index (χ0n) is 18.0. The van der Waals surface area contributed by atoms with Crippen molar-refractivity contribution in [1.29, 1.82) is 0 Å². The molecule has 1 N–H and O–H groups in total. The van der Waals surface area contributed by atoms with Gasteiger partial charge in [-0.1, -0.05) is 60.2 Å². The maximum absolute atomic E-state index is 12.7. The molecule has 0 spiro atoms. The summed E-state index contributed by atoms with van der Waals surface area (Å²) in [5.41, 5.74) is 3.51. The molecule has 0 aromatic heterocycles. The molecule has 4 rings (SSSR count). The molecule has 0 saturated carbocycles. The molecule has 3 amide bonds. The molecule has 0 aliphatic carbocycles. The number of nitrogens with zero attached hydrogens (tertiary/aromatic N) is 1. The minimum Gasteiger partial charge on any atom is -0.489 e. The third-order valence-corrected chi connectivity index (χ3v) is 5.84. The Morgan fingerprint density at radius 2 is 1.67 bits per heavy atom. The van der Waals surface area contributed by atoms with Gasteiger partial charge in [0, 0.05) is 5.69 Å². The molecule has 0 bridgehead atoms. The van der Waals surface area contributed by atoms with E-state index in [1.54, 1.807) is 18.2 Å². The van der Waals surface area contributed by atoms with Crippen LogP contribution in [0.2, 0.25) is 0 Å². The lowest BCUT2D eigenvalue weighted by molar-refractivity contribution is -0.127. The highest BCUT2D eigenvalue weighted by Crippen LogP contribution is 2.32. The number of imide groups is 1. The van der Waals surface area contributed by atoms with Crippen molar-refractivity contribution >= 4 is 40.6 Å². The summed E-state index contributed by atoms with van der Waals surface area (Å²) < 4.78 is 5.77. The van der Waals surface area contributed by atoms with E-state index < -0.39 is 17.1 Å². The van der Waals surface area contributed by atoms with E-state index in [0.717, 1.165) is 33.4 Å². The van der Waals surface area contributed by atoms with Gasteiger partial charge in [-0.05, 0) is 60.2 Å². The van der Waals surface area contributed by atoms with E-state index in [0.29, 0.717) is 18.0 Å². The first kappa shape index (κ1) is 22.4. The third kappa shape index (κ3) is 5.90. The number of carbonyl (C=O) groups excluding carboxylic acids is 3. The minimum atomic E-state index is -0.478. The van der Waals surface area contributed by atoms with Crippen LogP contribution in [0.15, 0.2) is 83.8 Å². The van der Waals surface area contributed by atoms with Crippen LogP contribution in [0.5, 0.6) is 5.75 Å². The van der Waals surface area contributed by atoms with Crippen molar-refractivity contribution < 1.29 is 19.1 Å². The summed E-state index contributed by atoms with van der Waals surface area (Å²) in [5.74, 6) is -0.201. The van der Waals surface area contributed by atoms with Crippen molar-refractivity contribution in [3.05, 3.63) is 100 Å². The zero-order valence-corrected chi connectivity index (χ0v) is 18.8. The first-order chi connectivity index (χ1) is 16.0. The molecule has 1 aliphatic heterocycles. The normalized spacial score (nSPS) is 14.6. The molecule has 7 heteroatoms. The Kier molecular flexibility index (Phi) is 6.90. The SMILES string of the molecule is Cc1ccc(NC(=O)CN2C(=O)S/C(=C\c3ccc(OCc4ccccc4)cc3)C2=O)cc1. The predicted octanol–water partition coefficient (Wildman–Crippen LogP) is 5.25. The van der Waals surface area contributed by atoms with Crippen LogP contribution >= 0.6 is 11.8 Å². The number of amides is 3. The van der Waals surface area contributed by atoms with E-state index in [2.05, 4.69) is 5.32 Å². The van der Waals surface area contributed by atoms with E-state index in [-0.39, 0.29) is 11.4 Å². The second kappa shape index (κ2) is 10.2. The Morgan fingerprint density at radius 1 is 0.970 bits per heavy atom. The van der Waals surface area contributed by atoms with E-state index in [9.17, 15) is 14.4 Å². The molecule has 166 valence electrons. The molecule has 3 aromatic rings. The van der Waals surface area contributed by atoms with Gasteiger partial charge >= 0.3 is 0 Å². The summed E-state index contributed by atoms with van der Waals surface area (Å²) in [6.07, 6.45) is 1.64. The first-order valence-corrected chi connectivity index (χ1v) is 11.2. The van der Waals surface area contributed by atoms with Crippen molar-refractivity contribution in [1.82, 2.24) is 4.90 Å². The fraction of sp³-hybridized carbons (Fsp3) is 0.115. The number of ether oxygens (including phenoxy) is 1. The van der Waals surface area contributed by atoms with E-state index in [1.165, 1.54) is 0 Å². The Labute approximate surface area is 196 Å². The first-order valence-electron chi connectivity index (χ1n) is 10.4. The average molecular weight is 459 g/mol. The van der Waals surface area contributed by atoms with Crippen LogP contribution in [-0.2, 0) is 16.2 Å². The van der Waals surface area contributed by atoms with Gasteiger partial charge in [0.15, 0.2) is 0 Å². The van der Waals surface area contributed by atoms with E-state index >= 15 is 0 Å². The number of benzene rings is 3. The highest BCUT2D eigenvalue weighted by Gasteiger charge is 2.36. The van der Waals surface area contributed by atoms with Crippen molar-refractivity contribution in [3.8, 4) is 5.75 Å². The van der Waals surface area contributed by atoms with Gasteiger partial charge in [-0.2, -0.15) is 0 Å². The topological polar surface area (TPSA) is 75.7 Å². The molecule has 1 saturated heterocycles. The van der Waals surface area contributed by atoms with Gasteiger partial charge in [0.25, 0.3) is 11.1 Å². The molecule has 33 heavy (non-hydrogen) atoms. The zero-order chi connectivity index (χ0) is 23.2. The van der Waals surface area contributed by atoms with Crippen molar-refractivity contribution in [2.24, 2.45) is 0 Å². The second-order valence-electron chi connectivity index (χ2n) is 7.53. The second-order valence-corrected chi connectivity index (χ2v) is 8.52. The number of aryl methyl sites for hydroxylation is 1. The lowest BCUT2D eigenvalue weighted by Gasteiger charge is -2.12. The number of hydrogen-bond donors (Lipinski definition) is 1. The fourth-order valence-corrected chi connectivity index (χ4v) is 4.01. The largest absolute Gasteiger partial charge is 0.489 e. The maximum atomic E-state index is 12.7. The van der Waals surface area contributed by atoms with Gasteiger partial charge in [-0.15, -0.1) is 0 Å². The monoisotopic (exact) mass is 458 g/mol. The standard InChI is InChI=1S/C26H22N2O4S/c1-18-7-11-21(12-8-18)27-24(29)16-28-25(30)23(33-26(28)31)15-19-9-13-22(14-10-19)32-17-20-5-3-2-4-6-20/h2-15H,16-17H2,1H3,(H,27,29)/b23-15-. The predicted molar refractivity (Wildman–Crippen MR) is 130 cm³/mol. The maximum Gasteiger partial charge on any atom is 0.294 e. The summed E-state index contributed by atoms with van der Waals surface area (Å²) in [6, 6.07) is 24.4. The van der Waals surface area contributed by atoms with Crippen LogP contribution in [-0.4, -0.2) is 28.5 Å². The number of rotatable bonds is 7. The van der Waals surface area contributed by atoms with Crippen molar-refractivity contribution in [3.63, 3.8) is 0 Å². The summed E-state index contributed by atoms with van der Waals surface area (Å²) in [5, 5.41) is 2.24. The van der Waals surface area contributed by atoms with Crippen LogP contribution in [0, 0.1) is 6.92 Å². The molecule has 1 aliphatic rings. The smallest absolute Gasteiger partial charge is 0.294 e. The molecule has 1 heterocycles.